The van der Waals surface area contributed by atoms with Gasteiger partial charge in [-0.15, -0.1) is 0 Å². The number of nitriles is 1. The van der Waals surface area contributed by atoms with Gasteiger partial charge in [0.1, 0.15) is 35.2 Å². The molecule has 0 saturated carbocycles. The zero-order valence-corrected chi connectivity index (χ0v) is 13.8. The van der Waals surface area contributed by atoms with Crippen molar-refractivity contribution in [3.8, 4) is 11.8 Å². The molecule has 4 rings (SSSR count). The number of fused-ring (bicyclic) bond motifs is 1. The van der Waals surface area contributed by atoms with Gasteiger partial charge < -0.3 is 5.32 Å². The molecule has 0 fully saturated rings. The van der Waals surface area contributed by atoms with Gasteiger partial charge in [0.2, 0.25) is 0 Å². The summed E-state index contributed by atoms with van der Waals surface area (Å²) in [6.45, 7) is 0. The molecule has 0 radical (unpaired) electrons. The molecule has 9 heteroatoms. The Labute approximate surface area is 151 Å². The lowest BCUT2D eigenvalue weighted by Gasteiger charge is -2.05. The molecular weight excluding hydrogens is 357 g/mol. The topological polar surface area (TPSA) is 92.3 Å². The van der Waals surface area contributed by atoms with Gasteiger partial charge in [0.05, 0.1) is 22.2 Å². The van der Waals surface area contributed by atoms with Crippen LogP contribution in [0.4, 0.5) is 16.0 Å². The summed E-state index contributed by atoms with van der Waals surface area (Å²) in [5, 5.41) is 17.3. The summed E-state index contributed by atoms with van der Waals surface area (Å²) in [5.41, 5.74) is 0.796. The van der Waals surface area contributed by atoms with Crippen LogP contribution in [0, 0.1) is 17.1 Å². The molecule has 0 atom stereocenters. The highest BCUT2D eigenvalue weighted by molar-refractivity contribution is 6.32. The largest absolute Gasteiger partial charge is 0.324 e. The Morgan fingerprint density at radius 1 is 1.23 bits per heavy atom. The number of aromatic nitrogens is 5. The SMILES string of the molecule is N#Cc1cccc(Cl)c1-n1cc2c(Nc3ccncn3)ncc(F)c2n1. The van der Waals surface area contributed by atoms with E-state index in [1.807, 2.05) is 0 Å². The van der Waals surface area contributed by atoms with Crippen molar-refractivity contribution in [2.75, 3.05) is 5.32 Å². The van der Waals surface area contributed by atoms with Crippen LogP contribution in [-0.4, -0.2) is 24.7 Å². The van der Waals surface area contributed by atoms with E-state index in [4.69, 9.17) is 11.6 Å². The quantitative estimate of drug-likeness (QED) is 0.596. The molecule has 1 N–H and O–H groups in total. The van der Waals surface area contributed by atoms with E-state index in [9.17, 15) is 9.65 Å². The van der Waals surface area contributed by atoms with Crippen LogP contribution < -0.4 is 5.32 Å². The molecule has 0 unspecified atom stereocenters. The number of hydrogen-bond acceptors (Lipinski definition) is 6. The van der Waals surface area contributed by atoms with Crippen molar-refractivity contribution in [2.45, 2.75) is 0 Å². The van der Waals surface area contributed by atoms with Gasteiger partial charge in [0.15, 0.2) is 5.82 Å². The van der Waals surface area contributed by atoms with Crippen molar-refractivity contribution in [1.29, 1.82) is 5.26 Å². The van der Waals surface area contributed by atoms with Crippen molar-refractivity contribution in [2.24, 2.45) is 0 Å². The Kier molecular flexibility index (Phi) is 3.91. The van der Waals surface area contributed by atoms with Crippen LogP contribution in [0.1, 0.15) is 5.56 Å². The minimum absolute atomic E-state index is 0.0976. The normalized spacial score (nSPS) is 10.7. The van der Waals surface area contributed by atoms with E-state index in [1.54, 1.807) is 36.7 Å². The second kappa shape index (κ2) is 6.38. The average Bonchev–Trinajstić information content (AvgIpc) is 3.10. The highest BCUT2D eigenvalue weighted by atomic mass is 35.5. The first kappa shape index (κ1) is 15.9. The van der Waals surface area contributed by atoms with E-state index in [1.165, 1.54) is 11.0 Å². The van der Waals surface area contributed by atoms with E-state index in [0.29, 0.717) is 33.3 Å². The number of pyridine rings is 1. The van der Waals surface area contributed by atoms with Crippen LogP contribution in [0.25, 0.3) is 16.6 Å². The molecule has 0 amide bonds. The zero-order valence-electron chi connectivity index (χ0n) is 13.1. The lowest BCUT2D eigenvalue weighted by atomic mass is 10.2. The highest BCUT2D eigenvalue weighted by Gasteiger charge is 2.16. The fourth-order valence-electron chi connectivity index (χ4n) is 2.51. The summed E-state index contributed by atoms with van der Waals surface area (Å²) < 4.78 is 15.6. The zero-order chi connectivity index (χ0) is 18.1. The molecule has 0 aliphatic carbocycles. The molecule has 4 aromatic rings. The summed E-state index contributed by atoms with van der Waals surface area (Å²) in [6.07, 6.45) is 5.59. The minimum Gasteiger partial charge on any atom is -0.324 e. The van der Waals surface area contributed by atoms with E-state index in [-0.39, 0.29) is 5.52 Å². The van der Waals surface area contributed by atoms with Crippen LogP contribution in [0.5, 0.6) is 0 Å². The molecule has 7 nitrogen and oxygen atoms in total. The summed E-state index contributed by atoms with van der Waals surface area (Å²) >= 11 is 6.23. The third kappa shape index (κ3) is 2.70. The monoisotopic (exact) mass is 365 g/mol. The maximum absolute atomic E-state index is 14.2. The fourth-order valence-corrected chi connectivity index (χ4v) is 2.78. The summed E-state index contributed by atoms with van der Waals surface area (Å²) in [7, 11) is 0. The number of para-hydroxylation sites is 1. The first-order valence-electron chi connectivity index (χ1n) is 7.43. The Morgan fingerprint density at radius 2 is 2.12 bits per heavy atom. The van der Waals surface area contributed by atoms with E-state index < -0.39 is 5.82 Å². The third-order valence-electron chi connectivity index (χ3n) is 3.67. The average molecular weight is 366 g/mol. The molecule has 126 valence electrons. The van der Waals surface area contributed by atoms with Gasteiger partial charge >= 0.3 is 0 Å². The molecule has 0 spiro atoms. The second-order valence-corrected chi connectivity index (χ2v) is 5.67. The van der Waals surface area contributed by atoms with E-state index >= 15 is 0 Å². The first-order valence-corrected chi connectivity index (χ1v) is 7.81. The van der Waals surface area contributed by atoms with Crippen LogP contribution in [0.2, 0.25) is 5.02 Å². The molecular formula is C17H9ClFN7. The first-order chi connectivity index (χ1) is 12.7. The minimum atomic E-state index is -0.586. The lowest BCUT2D eigenvalue weighted by Crippen LogP contribution is -1.99. The van der Waals surface area contributed by atoms with Crippen LogP contribution in [0.3, 0.4) is 0 Å². The maximum Gasteiger partial charge on any atom is 0.169 e. The molecule has 0 saturated heterocycles. The van der Waals surface area contributed by atoms with Crippen LogP contribution in [-0.2, 0) is 0 Å². The number of benzene rings is 1. The van der Waals surface area contributed by atoms with Crippen molar-refractivity contribution < 1.29 is 4.39 Å². The molecule has 26 heavy (non-hydrogen) atoms. The van der Waals surface area contributed by atoms with Crippen molar-refractivity contribution in [3.05, 3.63) is 65.6 Å². The standard InChI is InChI=1S/C17H9ClFN7/c18-12-3-1-2-10(6-20)16(12)26-8-11-15(25-26)13(19)7-22-17(11)24-14-4-5-21-9-23-14/h1-5,7-9H,(H,21,22,23,24). The Balaban J connectivity index is 1.89. The molecule has 3 aromatic heterocycles. The molecule has 1 aromatic carbocycles. The predicted octanol–water partition coefficient (Wildman–Crippen LogP) is 3.62. The second-order valence-electron chi connectivity index (χ2n) is 5.26. The molecule has 0 bridgehead atoms. The maximum atomic E-state index is 14.2. The predicted molar refractivity (Wildman–Crippen MR) is 93.9 cm³/mol. The van der Waals surface area contributed by atoms with Gasteiger partial charge in [-0.25, -0.2) is 24.0 Å². The number of nitrogens with zero attached hydrogens (tertiary/aromatic N) is 6. The van der Waals surface area contributed by atoms with Crippen LogP contribution >= 0.6 is 11.6 Å². The molecule has 0 aliphatic rings. The Hall–Kier alpha value is -3.57. The summed E-state index contributed by atoms with van der Waals surface area (Å²) in [5.74, 6) is 0.290. The van der Waals surface area contributed by atoms with Gasteiger partial charge in [0.25, 0.3) is 0 Å². The van der Waals surface area contributed by atoms with Crippen molar-refractivity contribution in [1.82, 2.24) is 24.7 Å². The van der Waals surface area contributed by atoms with E-state index in [0.717, 1.165) is 6.20 Å². The van der Waals surface area contributed by atoms with Gasteiger partial charge in [-0.3, -0.25) is 0 Å². The smallest absolute Gasteiger partial charge is 0.169 e. The van der Waals surface area contributed by atoms with Gasteiger partial charge in [0, 0.05) is 12.4 Å². The Bertz CT molecular complexity index is 1150. The summed E-state index contributed by atoms with van der Waals surface area (Å²) in [4.78, 5) is 12.0. The highest BCUT2D eigenvalue weighted by Crippen LogP contribution is 2.29. The molecule has 3 heterocycles. The summed E-state index contributed by atoms with van der Waals surface area (Å²) in [6, 6.07) is 8.63. The molecule has 0 aliphatic heterocycles. The number of halogens is 2. The third-order valence-corrected chi connectivity index (χ3v) is 3.97. The van der Waals surface area contributed by atoms with Gasteiger partial charge in [-0.2, -0.15) is 10.4 Å². The van der Waals surface area contributed by atoms with E-state index in [2.05, 4.69) is 31.4 Å². The van der Waals surface area contributed by atoms with Gasteiger partial charge in [-0.1, -0.05) is 17.7 Å². The van der Waals surface area contributed by atoms with Gasteiger partial charge in [-0.05, 0) is 18.2 Å². The van der Waals surface area contributed by atoms with Crippen molar-refractivity contribution in [3.63, 3.8) is 0 Å². The van der Waals surface area contributed by atoms with Crippen molar-refractivity contribution >= 4 is 34.1 Å². The number of anilines is 2. The Morgan fingerprint density at radius 3 is 2.88 bits per heavy atom. The fraction of sp³-hybridized carbons (Fsp3) is 0. The van der Waals surface area contributed by atoms with Crippen LogP contribution in [0.15, 0.2) is 49.2 Å². The lowest BCUT2D eigenvalue weighted by molar-refractivity contribution is 0.629. The number of nitrogens with one attached hydrogen (secondary N) is 1. The number of rotatable bonds is 3. The number of hydrogen-bond donors (Lipinski definition) is 1.